The van der Waals surface area contributed by atoms with Gasteiger partial charge in [-0.05, 0) is 86.9 Å². The third kappa shape index (κ3) is 2.32. The van der Waals surface area contributed by atoms with Crippen LogP contribution in [0.4, 0.5) is 0 Å². The number of carbonyl (C=O) groups is 1. The molecule has 0 heterocycles. The van der Waals surface area contributed by atoms with Gasteiger partial charge in [0.2, 0.25) is 0 Å². The van der Waals surface area contributed by atoms with E-state index in [4.69, 9.17) is 0 Å². The predicted molar refractivity (Wildman–Crippen MR) is 89.6 cm³/mol. The maximum absolute atomic E-state index is 12.0. The monoisotopic (exact) mass is 306 g/mol. The van der Waals surface area contributed by atoms with E-state index < -0.39 is 11.4 Å². The molecule has 2 heteroatoms. The molecule has 1 N–H and O–H groups in total. The standard InChI is InChI=1S/C20H34O2/c1-13(2)14-6-8-16-15(12-14)7-9-17-19(16,3)10-5-11-20(17,4)18(21)22/h13-17H,5-12H2,1-4H3,(H,21,22). The van der Waals surface area contributed by atoms with Crippen molar-refractivity contribution >= 4 is 5.97 Å². The fourth-order valence-electron chi connectivity index (χ4n) is 6.73. The lowest BCUT2D eigenvalue weighted by molar-refractivity contribution is -0.173. The first-order valence-corrected chi connectivity index (χ1v) is 9.52. The molecule has 0 saturated heterocycles. The molecule has 22 heavy (non-hydrogen) atoms. The SMILES string of the molecule is CC(C)C1CCC2C(CCC3C(C)(C(=O)O)CCCC23C)C1. The first-order valence-electron chi connectivity index (χ1n) is 9.52. The van der Waals surface area contributed by atoms with Crippen LogP contribution in [0.1, 0.15) is 79.1 Å². The van der Waals surface area contributed by atoms with E-state index in [9.17, 15) is 9.90 Å². The van der Waals surface area contributed by atoms with Crippen LogP contribution in [-0.2, 0) is 4.79 Å². The molecule has 3 fully saturated rings. The number of carboxylic acids is 1. The third-order valence-electron chi connectivity index (χ3n) is 8.10. The van der Waals surface area contributed by atoms with Crippen molar-refractivity contribution in [3.05, 3.63) is 0 Å². The Morgan fingerprint density at radius 1 is 1.09 bits per heavy atom. The smallest absolute Gasteiger partial charge is 0.309 e. The highest BCUT2D eigenvalue weighted by Gasteiger charge is 2.59. The van der Waals surface area contributed by atoms with Gasteiger partial charge in [-0.2, -0.15) is 0 Å². The normalized spacial score (nSPS) is 48.6. The molecule has 2 nitrogen and oxygen atoms in total. The summed E-state index contributed by atoms with van der Waals surface area (Å²) in [5.74, 6) is 3.19. The van der Waals surface area contributed by atoms with Crippen LogP contribution in [0.25, 0.3) is 0 Å². The lowest BCUT2D eigenvalue weighted by Gasteiger charge is -2.60. The molecule has 3 saturated carbocycles. The zero-order valence-corrected chi connectivity index (χ0v) is 14.9. The van der Waals surface area contributed by atoms with Gasteiger partial charge in [0.1, 0.15) is 0 Å². The molecular formula is C20H34O2. The Labute approximate surface area is 136 Å². The summed E-state index contributed by atoms with van der Waals surface area (Å²) in [4.78, 5) is 12.0. The highest BCUT2D eigenvalue weighted by molar-refractivity contribution is 5.75. The van der Waals surface area contributed by atoms with Crippen molar-refractivity contribution in [2.45, 2.75) is 79.1 Å². The summed E-state index contributed by atoms with van der Waals surface area (Å²) in [5.41, 5.74) is -0.205. The van der Waals surface area contributed by atoms with Crippen LogP contribution in [0.5, 0.6) is 0 Å². The second-order valence-corrected chi connectivity index (χ2v) is 9.40. The first kappa shape index (κ1) is 16.3. The second kappa shape index (κ2) is 5.53. The van der Waals surface area contributed by atoms with Gasteiger partial charge in [0.05, 0.1) is 5.41 Å². The Hall–Kier alpha value is -0.530. The molecule has 3 aliphatic rings. The highest BCUT2D eigenvalue weighted by atomic mass is 16.4. The van der Waals surface area contributed by atoms with Crippen molar-refractivity contribution in [1.82, 2.24) is 0 Å². The van der Waals surface area contributed by atoms with Gasteiger partial charge in [0.25, 0.3) is 0 Å². The van der Waals surface area contributed by atoms with Crippen molar-refractivity contribution in [3.8, 4) is 0 Å². The van der Waals surface area contributed by atoms with Crippen molar-refractivity contribution in [1.29, 1.82) is 0 Å². The molecular weight excluding hydrogens is 272 g/mol. The van der Waals surface area contributed by atoms with Crippen LogP contribution in [0, 0.1) is 40.4 Å². The summed E-state index contributed by atoms with van der Waals surface area (Å²) in [6, 6.07) is 0. The van der Waals surface area contributed by atoms with Gasteiger partial charge in [-0.25, -0.2) is 0 Å². The topological polar surface area (TPSA) is 37.3 Å². The number of rotatable bonds is 2. The molecule has 0 bridgehead atoms. The molecule has 0 spiro atoms. The van der Waals surface area contributed by atoms with Gasteiger partial charge in [-0.15, -0.1) is 0 Å². The molecule has 0 aliphatic heterocycles. The second-order valence-electron chi connectivity index (χ2n) is 9.40. The minimum Gasteiger partial charge on any atom is -0.481 e. The van der Waals surface area contributed by atoms with Crippen LogP contribution in [0.2, 0.25) is 0 Å². The molecule has 3 rings (SSSR count). The van der Waals surface area contributed by atoms with Crippen molar-refractivity contribution in [3.63, 3.8) is 0 Å². The maximum atomic E-state index is 12.0. The minimum atomic E-state index is -0.544. The van der Waals surface area contributed by atoms with Crippen LogP contribution in [-0.4, -0.2) is 11.1 Å². The van der Waals surface area contributed by atoms with E-state index in [1.165, 1.54) is 32.1 Å². The van der Waals surface area contributed by atoms with Gasteiger partial charge in [0.15, 0.2) is 0 Å². The average Bonchev–Trinajstić information content (AvgIpc) is 2.46. The van der Waals surface area contributed by atoms with E-state index in [1.807, 2.05) is 6.92 Å². The molecule has 0 amide bonds. The molecule has 6 unspecified atom stereocenters. The maximum Gasteiger partial charge on any atom is 0.309 e. The molecule has 126 valence electrons. The quantitative estimate of drug-likeness (QED) is 0.745. The average molecular weight is 306 g/mol. The number of carboxylic acid groups (broad SMARTS) is 1. The summed E-state index contributed by atoms with van der Waals surface area (Å²) < 4.78 is 0. The largest absolute Gasteiger partial charge is 0.481 e. The van der Waals surface area contributed by atoms with Gasteiger partial charge in [0, 0.05) is 0 Å². The summed E-state index contributed by atoms with van der Waals surface area (Å²) in [6.45, 7) is 9.24. The van der Waals surface area contributed by atoms with E-state index in [0.717, 1.165) is 42.9 Å². The Morgan fingerprint density at radius 3 is 2.45 bits per heavy atom. The summed E-state index contributed by atoms with van der Waals surface area (Å²) in [7, 11) is 0. The number of fused-ring (bicyclic) bond motifs is 3. The van der Waals surface area contributed by atoms with Crippen LogP contribution < -0.4 is 0 Å². The van der Waals surface area contributed by atoms with Crippen molar-refractivity contribution < 1.29 is 9.90 Å². The van der Waals surface area contributed by atoms with E-state index >= 15 is 0 Å². The van der Waals surface area contributed by atoms with Crippen LogP contribution in [0.15, 0.2) is 0 Å². The molecule has 0 aromatic heterocycles. The summed E-state index contributed by atoms with van der Waals surface area (Å²) in [5, 5.41) is 9.86. The minimum absolute atomic E-state index is 0.274. The van der Waals surface area contributed by atoms with E-state index in [2.05, 4.69) is 20.8 Å². The van der Waals surface area contributed by atoms with Crippen molar-refractivity contribution in [2.24, 2.45) is 40.4 Å². The first-order chi connectivity index (χ1) is 10.3. The Bertz CT molecular complexity index is 443. The zero-order valence-electron chi connectivity index (χ0n) is 14.9. The van der Waals surface area contributed by atoms with Gasteiger partial charge in [-0.3, -0.25) is 4.79 Å². The van der Waals surface area contributed by atoms with E-state index in [0.29, 0.717) is 5.92 Å². The van der Waals surface area contributed by atoms with Gasteiger partial charge in [-0.1, -0.05) is 27.2 Å². The predicted octanol–water partition coefficient (Wildman–Crippen LogP) is 5.37. The molecule has 0 radical (unpaired) electrons. The van der Waals surface area contributed by atoms with E-state index in [-0.39, 0.29) is 5.41 Å². The fourth-order valence-corrected chi connectivity index (χ4v) is 6.73. The lowest BCUT2D eigenvalue weighted by Crippen LogP contribution is -2.56. The third-order valence-corrected chi connectivity index (χ3v) is 8.10. The van der Waals surface area contributed by atoms with E-state index in [1.54, 1.807) is 0 Å². The number of hydrogen-bond acceptors (Lipinski definition) is 1. The fraction of sp³-hybridized carbons (Fsp3) is 0.950. The summed E-state index contributed by atoms with van der Waals surface area (Å²) in [6.07, 6.45) is 9.77. The molecule has 3 aliphatic carbocycles. The Morgan fingerprint density at radius 2 is 1.82 bits per heavy atom. The summed E-state index contributed by atoms with van der Waals surface area (Å²) >= 11 is 0. The zero-order chi connectivity index (χ0) is 16.1. The van der Waals surface area contributed by atoms with Crippen molar-refractivity contribution in [2.75, 3.05) is 0 Å². The van der Waals surface area contributed by atoms with Crippen LogP contribution in [0.3, 0.4) is 0 Å². The van der Waals surface area contributed by atoms with Crippen LogP contribution >= 0.6 is 0 Å². The number of aliphatic carboxylic acids is 1. The molecule has 0 aromatic rings. The Balaban J connectivity index is 1.86. The molecule has 6 atom stereocenters. The number of hydrogen-bond donors (Lipinski definition) is 1. The van der Waals surface area contributed by atoms with Gasteiger partial charge >= 0.3 is 5.97 Å². The Kier molecular flexibility index (Phi) is 4.10. The van der Waals surface area contributed by atoms with Gasteiger partial charge < -0.3 is 5.11 Å². The lowest BCUT2D eigenvalue weighted by atomic mass is 9.43. The highest BCUT2D eigenvalue weighted by Crippen LogP contribution is 2.64. The molecule has 0 aromatic carbocycles.